The summed E-state index contributed by atoms with van der Waals surface area (Å²) in [6, 6.07) is 12.6. The molecule has 2 aromatic carbocycles. The van der Waals surface area contributed by atoms with Gasteiger partial charge in [-0.3, -0.25) is 13.6 Å². The van der Waals surface area contributed by atoms with Crippen molar-refractivity contribution in [2.45, 2.75) is 11.4 Å². The van der Waals surface area contributed by atoms with Crippen molar-refractivity contribution in [3.05, 3.63) is 87.1 Å². The first kappa shape index (κ1) is 18.1. The second-order valence-corrected chi connectivity index (χ2v) is 7.47. The number of benzene rings is 2. The maximum atomic E-state index is 14.1. The fraction of sp³-hybridized carbons (Fsp3) is 0.105. The molecule has 0 radical (unpaired) electrons. The number of hydrogen-bond acceptors (Lipinski definition) is 4. The van der Waals surface area contributed by atoms with E-state index in [0.717, 1.165) is 4.57 Å². The molecule has 9 heteroatoms. The molecule has 0 fully saturated rings. The summed E-state index contributed by atoms with van der Waals surface area (Å²) in [4.78, 5) is 33.3. The van der Waals surface area contributed by atoms with Crippen molar-refractivity contribution in [1.82, 2.24) is 19.1 Å². The molecular weight excluding hydrogens is 383 g/mol. The van der Waals surface area contributed by atoms with Crippen LogP contribution < -0.4 is 11.2 Å². The number of nitrogens with one attached hydrogen (secondary N) is 1. The predicted octanol–water partition coefficient (Wildman–Crippen LogP) is 1.80. The van der Waals surface area contributed by atoms with Crippen molar-refractivity contribution in [2.24, 2.45) is 0 Å². The summed E-state index contributed by atoms with van der Waals surface area (Å²) in [5, 5.41) is 0. The minimum Gasteiger partial charge on any atom is -0.339 e. The maximum absolute atomic E-state index is 14.1. The molecular formula is C19H15FN4O3S. The van der Waals surface area contributed by atoms with E-state index in [-0.39, 0.29) is 23.3 Å². The average Bonchev–Trinajstić information content (AvgIpc) is 3.16. The Kier molecular flexibility index (Phi) is 4.52. The molecule has 2 aromatic heterocycles. The maximum Gasteiger partial charge on any atom is 0.337 e. The van der Waals surface area contributed by atoms with Gasteiger partial charge in [0.05, 0.1) is 34.3 Å². The molecule has 28 heavy (non-hydrogen) atoms. The Bertz CT molecular complexity index is 1340. The number of fused-ring (bicyclic) bond motifs is 1. The summed E-state index contributed by atoms with van der Waals surface area (Å²) >= 11 is 0. The second kappa shape index (κ2) is 7.01. The topological polar surface area (TPSA) is 89.8 Å². The molecule has 0 unspecified atom stereocenters. The largest absolute Gasteiger partial charge is 0.339 e. The van der Waals surface area contributed by atoms with Gasteiger partial charge in [-0.15, -0.1) is 0 Å². The number of aromatic amines is 1. The monoisotopic (exact) mass is 398 g/mol. The summed E-state index contributed by atoms with van der Waals surface area (Å²) in [6.45, 7) is -0.239. The lowest BCUT2D eigenvalue weighted by Gasteiger charge is -2.14. The van der Waals surface area contributed by atoms with Gasteiger partial charge in [-0.1, -0.05) is 30.3 Å². The lowest BCUT2D eigenvalue weighted by Crippen LogP contribution is -2.40. The third kappa shape index (κ3) is 2.89. The van der Waals surface area contributed by atoms with Crippen LogP contribution in [0.3, 0.4) is 0 Å². The van der Waals surface area contributed by atoms with Gasteiger partial charge >= 0.3 is 5.69 Å². The van der Waals surface area contributed by atoms with Crippen molar-refractivity contribution in [2.75, 3.05) is 6.26 Å². The smallest absolute Gasteiger partial charge is 0.337 e. The Balaban J connectivity index is 2.05. The highest BCUT2D eigenvalue weighted by molar-refractivity contribution is 7.84. The highest BCUT2D eigenvalue weighted by Gasteiger charge is 2.20. The number of rotatable bonds is 4. The zero-order valence-electron chi connectivity index (χ0n) is 14.8. The minimum atomic E-state index is -1.38. The minimum absolute atomic E-state index is 0.104. The van der Waals surface area contributed by atoms with Gasteiger partial charge in [-0.05, 0) is 18.2 Å². The van der Waals surface area contributed by atoms with Crippen molar-refractivity contribution in [3.8, 4) is 5.69 Å². The Labute approximate surface area is 160 Å². The molecule has 0 aliphatic carbocycles. The Morgan fingerprint density at radius 2 is 1.82 bits per heavy atom. The van der Waals surface area contributed by atoms with E-state index in [0.29, 0.717) is 10.6 Å². The molecule has 0 bridgehead atoms. The zero-order chi connectivity index (χ0) is 19.8. The Hall–Kier alpha value is -3.33. The molecule has 1 N–H and O–H groups in total. The molecule has 0 aliphatic heterocycles. The molecule has 0 amide bonds. The summed E-state index contributed by atoms with van der Waals surface area (Å²) in [5.74, 6) is -0.514. The van der Waals surface area contributed by atoms with E-state index in [1.165, 1.54) is 35.3 Å². The van der Waals surface area contributed by atoms with Crippen LogP contribution >= 0.6 is 0 Å². The third-order valence-electron chi connectivity index (χ3n) is 4.41. The molecule has 142 valence electrons. The zero-order valence-corrected chi connectivity index (χ0v) is 15.6. The molecule has 7 nitrogen and oxygen atoms in total. The van der Waals surface area contributed by atoms with Gasteiger partial charge in [-0.25, -0.2) is 18.7 Å². The number of halogens is 1. The standard InChI is InChI=1S/C19H15FN4O3S/c1-28(27)15-9-5-4-8-14(15)24-17-16(21-11-22-17)18(25)23(19(24)26)10-12-6-2-3-7-13(12)20/h2-9,11H,10H2,1H3,(H,21,22)/t28-/m1/s1. The van der Waals surface area contributed by atoms with Gasteiger partial charge in [0.25, 0.3) is 5.56 Å². The molecule has 0 aliphatic rings. The third-order valence-corrected chi connectivity index (χ3v) is 5.38. The first-order valence-corrected chi connectivity index (χ1v) is 9.90. The van der Waals surface area contributed by atoms with Crippen molar-refractivity contribution in [1.29, 1.82) is 0 Å². The first-order chi connectivity index (χ1) is 13.5. The van der Waals surface area contributed by atoms with Crippen LogP contribution in [0.5, 0.6) is 0 Å². The predicted molar refractivity (Wildman–Crippen MR) is 104 cm³/mol. The van der Waals surface area contributed by atoms with Crippen LogP contribution in [0.15, 0.2) is 69.3 Å². The van der Waals surface area contributed by atoms with Crippen molar-refractivity contribution < 1.29 is 8.60 Å². The molecule has 0 saturated carbocycles. The number of imidazole rings is 1. The molecule has 0 spiro atoms. The Morgan fingerprint density at radius 1 is 1.11 bits per heavy atom. The van der Waals surface area contributed by atoms with Gasteiger partial charge in [0.2, 0.25) is 0 Å². The van der Waals surface area contributed by atoms with E-state index >= 15 is 0 Å². The molecule has 1 atom stereocenters. The first-order valence-electron chi connectivity index (χ1n) is 8.34. The van der Waals surface area contributed by atoms with E-state index in [2.05, 4.69) is 9.97 Å². The van der Waals surface area contributed by atoms with E-state index in [1.807, 2.05) is 0 Å². The van der Waals surface area contributed by atoms with Gasteiger partial charge in [-0.2, -0.15) is 0 Å². The number of nitrogens with zero attached hydrogens (tertiary/aromatic N) is 3. The molecule has 2 heterocycles. The van der Waals surface area contributed by atoms with Crippen LogP contribution in [0.1, 0.15) is 5.56 Å². The number of aromatic nitrogens is 4. The number of para-hydroxylation sites is 1. The van der Waals surface area contributed by atoms with Crippen LogP contribution in [-0.4, -0.2) is 29.6 Å². The van der Waals surface area contributed by atoms with Crippen molar-refractivity contribution >= 4 is 22.0 Å². The summed E-state index contributed by atoms with van der Waals surface area (Å²) in [5.41, 5.74) is -0.504. The average molecular weight is 398 g/mol. The highest BCUT2D eigenvalue weighted by atomic mass is 32.2. The van der Waals surface area contributed by atoms with Gasteiger partial charge < -0.3 is 4.98 Å². The van der Waals surface area contributed by atoms with E-state index in [1.54, 1.807) is 30.3 Å². The van der Waals surface area contributed by atoms with E-state index in [9.17, 15) is 18.2 Å². The quantitative estimate of drug-likeness (QED) is 0.568. The fourth-order valence-electron chi connectivity index (χ4n) is 3.09. The highest BCUT2D eigenvalue weighted by Crippen LogP contribution is 2.19. The summed E-state index contributed by atoms with van der Waals surface area (Å²) in [6.07, 6.45) is 2.81. The normalized spacial score (nSPS) is 12.4. The van der Waals surface area contributed by atoms with Crippen LogP contribution in [0.25, 0.3) is 16.9 Å². The van der Waals surface area contributed by atoms with E-state index in [4.69, 9.17) is 0 Å². The second-order valence-electron chi connectivity index (χ2n) is 6.12. The summed E-state index contributed by atoms with van der Waals surface area (Å²) < 4.78 is 28.4. The number of hydrogen-bond donors (Lipinski definition) is 1. The van der Waals surface area contributed by atoms with Gasteiger partial charge in [0, 0.05) is 11.8 Å². The fourth-order valence-corrected chi connectivity index (χ4v) is 3.81. The lowest BCUT2D eigenvalue weighted by molar-refractivity contribution is 0.586. The lowest BCUT2D eigenvalue weighted by atomic mass is 10.2. The summed E-state index contributed by atoms with van der Waals surface area (Å²) in [7, 11) is -1.38. The van der Waals surface area contributed by atoms with Crippen LogP contribution in [0.2, 0.25) is 0 Å². The van der Waals surface area contributed by atoms with Crippen molar-refractivity contribution in [3.63, 3.8) is 0 Å². The SMILES string of the molecule is C[S@@](=O)c1ccccc1-n1c(=O)n(Cc2ccccc2F)c(=O)c2[nH]cnc21. The van der Waals surface area contributed by atoms with Crippen LogP contribution in [0.4, 0.5) is 4.39 Å². The van der Waals surface area contributed by atoms with Gasteiger partial charge in [0.15, 0.2) is 5.65 Å². The van der Waals surface area contributed by atoms with Crippen LogP contribution in [0, 0.1) is 5.82 Å². The number of H-pyrrole nitrogens is 1. The van der Waals surface area contributed by atoms with E-state index < -0.39 is 27.9 Å². The van der Waals surface area contributed by atoms with Crippen LogP contribution in [-0.2, 0) is 17.3 Å². The molecule has 4 rings (SSSR count). The Morgan fingerprint density at radius 3 is 2.57 bits per heavy atom. The molecule has 4 aromatic rings. The molecule has 0 saturated heterocycles. The van der Waals surface area contributed by atoms with Gasteiger partial charge in [0.1, 0.15) is 11.3 Å².